The number of benzene rings is 2. The molecule has 0 amide bonds. The topological polar surface area (TPSA) is 84.9 Å². The molecular formula is C25H32BrNO5. The number of aliphatic hydroxyl groups is 1. The highest BCUT2D eigenvalue weighted by Gasteiger charge is 2.23. The average molecular weight is 506 g/mol. The van der Waals surface area contributed by atoms with Gasteiger partial charge in [-0.1, -0.05) is 40.2 Å². The lowest BCUT2D eigenvalue weighted by Crippen LogP contribution is -2.23. The largest absolute Gasteiger partial charge is 0.456 e. The molecule has 174 valence electrons. The van der Waals surface area contributed by atoms with E-state index in [1.807, 2.05) is 45.0 Å². The van der Waals surface area contributed by atoms with Gasteiger partial charge in [0.15, 0.2) is 6.79 Å². The third kappa shape index (κ3) is 9.10. The summed E-state index contributed by atoms with van der Waals surface area (Å²) in [4.78, 5) is 24.4. The van der Waals surface area contributed by atoms with Gasteiger partial charge >= 0.3 is 11.9 Å². The van der Waals surface area contributed by atoms with Crippen LogP contribution < -0.4 is 5.32 Å². The number of carbonyl (C=O) groups is 2. The zero-order chi connectivity index (χ0) is 23.6. The number of ether oxygens (including phenoxy) is 2. The minimum atomic E-state index is -0.663. The molecule has 0 aromatic heterocycles. The van der Waals surface area contributed by atoms with Crippen molar-refractivity contribution in [1.82, 2.24) is 5.32 Å². The van der Waals surface area contributed by atoms with Crippen molar-refractivity contribution in [3.05, 3.63) is 69.7 Å². The van der Waals surface area contributed by atoms with E-state index in [9.17, 15) is 9.59 Å². The van der Waals surface area contributed by atoms with Crippen LogP contribution >= 0.6 is 15.9 Å². The highest BCUT2D eigenvalue weighted by atomic mass is 79.9. The van der Waals surface area contributed by atoms with Crippen molar-refractivity contribution >= 4 is 27.9 Å². The van der Waals surface area contributed by atoms with E-state index in [-0.39, 0.29) is 0 Å². The molecule has 2 aromatic carbocycles. The van der Waals surface area contributed by atoms with Crippen LogP contribution in [-0.4, -0.2) is 42.5 Å². The molecule has 7 heteroatoms. The van der Waals surface area contributed by atoms with Gasteiger partial charge in [0.1, 0.15) is 5.60 Å². The standard InChI is InChI=1S/C21H23BrO5.C4H9N/c1-21(2,3)27-19(24)16-6-4-14(5-7-16)12-18(20(25)26-13-23)15-8-10-17(22)11-9-15;1-2-4-5-3-1/h4-11,18,23H,12-13H2,1-3H3;5H,1-4H2/t18-;/m1./s1. The summed E-state index contributed by atoms with van der Waals surface area (Å²) in [6.45, 7) is 7.28. The molecule has 2 N–H and O–H groups in total. The highest BCUT2D eigenvalue weighted by Crippen LogP contribution is 2.25. The molecule has 1 fully saturated rings. The highest BCUT2D eigenvalue weighted by molar-refractivity contribution is 9.10. The Morgan fingerprint density at radius 2 is 1.62 bits per heavy atom. The quantitative estimate of drug-likeness (QED) is 0.441. The molecule has 0 bridgehead atoms. The van der Waals surface area contributed by atoms with Crippen molar-refractivity contribution in [3.8, 4) is 0 Å². The first-order valence-electron chi connectivity index (χ1n) is 10.8. The van der Waals surface area contributed by atoms with Gasteiger partial charge in [-0.15, -0.1) is 0 Å². The van der Waals surface area contributed by atoms with Gasteiger partial charge in [-0.2, -0.15) is 0 Å². The Morgan fingerprint density at radius 1 is 1.03 bits per heavy atom. The van der Waals surface area contributed by atoms with Crippen molar-refractivity contribution in [2.75, 3.05) is 19.9 Å². The van der Waals surface area contributed by atoms with Crippen molar-refractivity contribution in [3.63, 3.8) is 0 Å². The molecule has 2 aromatic rings. The maximum Gasteiger partial charge on any atom is 0.338 e. The number of halogens is 1. The van der Waals surface area contributed by atoms with Crippen LogP contribution in [0.25, 0.3) is 0 Å². The minimum absolute atomic E-state index is 0.384. The van der Waals surface area contributed by atoms with E-state index < -0.39 is 30.3 Å². The third-order valence-corrected chi connectivity index (χ3v) is 5.28. The Labute approximate surface area is 198 Å². The predicted octanol–water partition coefficient (Wildman–Crippen LogP) is 4.59. The van der Waals surface area contributed by atoms with Gasteiger partial charge in [0, 0.05) is 4.47 Å². The number of aliphatic hydroxyl groups excluding tert-OH is 1. The van der Waals surface area contributed by atoms with E-state index in [4.69, 9.17) is 14.6 Å². The summed E-state index contributed by atoms with van der Waals surface area (Å²) in [5, 5.41) is 12.2. The zero-order valence-corrected chi connectivity index (χ0v) is 20.5. The van der Waals surface area contributed by atoms with Gasteiger partial charge in [0.2, 0.25) is 0 Å². The Balaban J connectivity index is 0.000000636. The lowest BCUT2D eigenvalue weighted by molar-refractivity contribution is -0.153. The monoisotopic (exact) mass is 505 g/mol. The molecule has 1 aliphatic heterocycles. The van der Waals surface area contributed by atoms with Crippen LogP contribution in [-0.2, 0) is 20.7 Å². The van der Waals surface area contributed by atoms with Crippen molar-refractivity contribution < 1.29 is 24.2 Å². The van der Waals surface area contributed by atoms with Crippen LogP contribution in [0.1, 0.15) is 61.0 Å². The number of rotatable bonds is 6. The van der Waals surface area contributed by atoms with Crippen molar-refractivity contribution in [2.24, 2.45) is 0 Å². The fourth-order valence-electron chi connectivity index (χ4n) is 3.17. The third-order valence-electron chi connectivity index (χ3n) is 4.75. The van der Waals surface area contributed by atoms with E-state index in [1.165, 1.54) is 25.9 Å². The summed E-state index contributed by atoms with van der Waals surface area (Å²) in [5.41, 5.74) is 1.54. The summed E-state index contributed by atoms with van der Waals surface area (Å²) in [5.74, 6) is -1.45. The van der Waals surface area contributed by atoms with E-state index in [2.05, 4.69) is 21.2 Å². The van der Waals surface area contributed by atoms with Crippen LogP contribution in [0.3, 0.4) is 0 Å². The lowest BCUT2D eigenvalue weighted by atomic mass is 9.91. The van der Waals surface area contributed by atoms with Gasteiger partial charge in [0.05, 0.1) is 11.5 Å². The number of hydrogen-bond acceptors (Lipinski definition) is 6. The summed E-state index contributed by atoms with van der Waals surface area (Å²) in [6.07, 6.45) is 3.16. The molecule has 1 aliphatic rings. The second-order valence-corrected chi connectivity index (χ2v) is 9.47. The Kier molecular flexibility index (Phi) is 10.4. The van der Waals surface area contributed by atoms with Crippen LogP contribution in [0.2, 0.25) is 0 Å². The molecule has 0 spiro atoms. The van der Waals surface area contributed by atoms with Gasteiger partial charge in [-0.05, 0) is 88.5 Å². The molecule has 32 heavy (non-hydrogen) atoms. The first-order valence-corrected chi connectivity index (χ1v) is 11.5. The molecule has 0 unspecified atom stereocenters. The Morgan fingerprint density at radius 3 is 2.09 bits per heavy atom. The maximum absolute atomic E-state index is 12.3. The van der Waals surface area contributed by atoms with E-state index in [0.717, 1.165) is 15.6 Å². The maximum atomic E-state index is 12.3. The van der Waals surface area contributed by atoms with Crippen molar-refractivity contribution in [1.29, 1.82) is 0 Å². The minimum Gasteiger partial charge on any atom is -0.456 e. The Hall–Kier alpha value is -2.22. The Bertz CT molecular complexity index is 848. The van der Waals surface area contributed by atoms with Crippen molar-refractivity contribution in [2.45, 2.75) is 51.6 Å². The van der Waals surface area contributed by atoms with E-state index in [0.29, 0.717) is 12.0 Å². The number of nitrogens with one attached hydrogen (secondary N) is 1. The second kappa shape index (κ2) is 12.7. The second-order valence-electron chi connectivity index (χ2n) is 8.56. The van der Waals surface area contributed by atoms with Gasteiger partial charge in [-0.25, -0.2) is 4.79 Å². The molecule has 0 saturated carbocycles. The normalized spacial score (nSPS) is 14.2. The van der Waals surface area contributed by atoms with Crippen LogP contribution in [0.5, 0.6) is 0 Å². The molecule has 3 rings (SSSR count). The van der Waals surface area contributed by atoms with Gasteiger partial charge in [0.25, 0.3) is 0 Å². The fourth-order valence-corrected chi connectivity index (χ4v) is 3.44. The SMILES string of the molecule is C1CCNC1.CC(C)(C)OC(=O)c1ccc(C[C@@H](C(=O)OCO)c2ccc(Br)cc2)cc1. The first kappa shape index (κ1) is 26.0. The predicted molar refractivity (Wildman–Crippen MR) is 127 cm³/mol. The van der Waals surface area contributed by atoms with Crippen LogP contribution in [0, 0.1) is 0 Å². The lowest BCUT2D eigenvalue weighted by Gasteiger charge is -2.19. The summed E-state index contributed by atoms with van der Waals surface area (Å²) < 4.78 is 11.1. The molecule has 1 heterocycles. The van der Waals surface area contributed by atoms with Gasteiger partial charge < -0.3 is 19.9 Å². The number of esters is 2. The molecular weight excluding hydrogens is 474 g/mol. The average Bonchev–Trinajstić information content (AvgIpc) is 3.32. The molecule has 0 radical (unpaired) electrons. The van der Waals surface area contributed by atoms with E-state index in [1.54, 1.807) is 24.3 Å². The summed E-state index contributed by atoms with van der Waals surface area (Å²) >= 11 is 3.37. The van der Waals surface area contributed by atoms with Crippen LogP contribution in [0.15, 0.2) is 53.0 Å². The van der Waals surface area contributed by atoms with Crippen LogP contribution in [0.4, 0.5) is 0 Å². The fraction of sp³-hybridized carbons (Fsp3) is 0.440. The molecule has 6 nitrogen and oxygen atoms in total. The van der Waals surface area contributed by atoms with Gasteiger partial charge in [-0.3, -0.25) is 4.79 Å². The van der Waals surface area contributed by atoms with E-state index >= 15 is 0 Å². The first-order chi connectivity index (χ1) is 15.2. The number of carbonyl (C=O) groups excluding carboxylic acids is 2. The molecule has 1 atom stereocenters. The molecule has 1 saturated heterocycles. The summed E-state index contributed by atoms with van der Waals surface area (Å²) in [7, 11) is 0. The molecule has 0 aliphatic carbocycles. The smallest absolute Gasteiger partial charge is 0.338 e. The number of hydrogen-bond donors (Lipinski definition) is 2. The zero-order valence-electron chi connectivity index (χ0n) is 18.9. The summed E-state index contributed by atoms with van der Waals surface area (Å²) in [6, 6.07) is 14.3.